The number of rotatable bonds is 6. The molecule has 0 spiro atoms. The molecule has 0 unspecified atom stereocenters. The monoisotopic (exact) mass is 476 g/mol. The van der Waals surface area contributed by atoms with Gasteiger partial charge < -0.3 is 8.83 Å². The van der Waals surface area contributed by atoms with Crippen LogP contribution in [0.15, 0.2) is 66.0 Å². The number of nitrogens with zero attached hydrogens (tertiary/aromatic N) is 4. The van der Waals surface area contributed by atoms with Gasteiger partial charge in [-0.25, -0.2) is 0 Å². The Hall–Kier alpha value is -1.92. The summed E-state index contributed by atoms with van der Waals surface area (Å²) < 4.78 is 16.9. The summed E-state index contributed by atoms with van der Waals surface area (Å²) in [5, 5.41) is 8.57. The van der Waals surface area contributed by atoms with Crippen LogP contribution >= 0.6 is 59.3 Å². The van der Waals surface area contributed by atoms with Gasteiger partial charge in [0.05, 0.1) is 22.8 Å². The summed E-state index contributed by atoms with van der Waals surface area (Å²) in [5.41, 5.74) is 3.53. The maximum Gasteiger partial charge on any atom is 0.270 e. The molecule has 0 bridgehead atoms. The second kappa shape index (κ2) is 8.07. The smallest absolute Gasteiger partial charge is 0.270 e. The van der Waals surface area contributed by atoms with E-state index in [1.54, 1.807) is 34.9 Å². The highest BCUT2D eigenvalue weighted by atomic mass is 32.2. The van der Waals surface area contributed by atoms with Crippen molar-refractivity contribution in [2.75, 3.05) is 0 Å². The molecular weight excluding hydrogens is 465 g/mol. The lowest BCUT2D eigenvalue weighted by Gasteiger charge is -2.00. The van der Waals surface area contributed by atoms with E-state index in [9.17, 15) is 0 Å². The molecule has 0 fully saturated rings. The summed E-state index contributed by atoms with van der Waals surface area (Å²) in [6.45, 7) is 0. The van der Waals surface area contributed by atoms with Crippen molar-refractivity contribution in [1.82, 2.24) is 19.3 Å². The Kier molecular flexibility index (Phi) is 5.31. The Labute approximate surface area is 187 Å². The molecule has 6 nitrogen and oxygen atoms in total. The summed E-state index contributed by atoms with van der Waals surface area (Å²) in [7, 11) is 0. The minimum atomic E-state index is 0.457. The number of para-hydroxylation sites is 4. The van der Waals surface area contributed by atoms with Crippen molar-refractivity contribution >= 4 is 81.5 Å². The lowest BCUT2D eigenvalue weighted by molar-refractivity contribution is 0.556. The highest BCUT2D eigenvalue weighted by molar-refractivity contribution is 8.02. The number of hydrogen-bond acceptors (Lipinski definition) is 9. The Morgan fingerprint density at radius 1 is 0.759 bits per heavy atom. The van der Waals surface area contributed by atoms with E-state index in [0.717, 1.165) is 30.9 Å². The van der Waals surface area contributed by atoms with Crippen molar-refractivity contribution in [2.24, 2.45) is 0 Å². The Balaban J connectivity index is 1.28. The quantitative estimate of drug-likeness (QED) is 0.201. The Morgan fingerprint density at radius 3 is 1.69 bits per heavy atom. The summed E-state index contributed by atoms with van der Waals surface area (Å²) in [5.74, 6) is 1.24. The normalized spacial score (nSPS) is 11.6. The third kappa shape index (κ3) is 3.80. The standard InChI is InChI=1S/C18H12N4O2S5/c25-17-21(11-5-1-3-7-13(11)23-17)9-27-15-19-20-16(29-15)28-10-22-12-6-2-4-8-14(12)24-18(22)26/h1-8H,9-10H2. The first-order chi connectivity index (χ1) is 14.2. The van der Waals surface area contributed by atoms with Crippen LogP contribution in [-0.2, 0) is 11.8 Å². The molecule has 0 radical (unpaired) electrons. The highest BCUT2D eigenvalue weighted by Crippen LogP contribution is 2.32. The molecule has 0 aliphatic carbocycles. The molecule has 0 saturated carbocycles. The third-order valence-corrected chi connectivity index (χ3v) is 7.93. The first-order valence-corrected chi connectivity index (χ1v) is 12.1. The van der Waals surface area contributed by atoms with Crippen molar-refractivity contribution in [1.29, 1.82) is 0 Å². The van der Waals surface area contributed by atoms with E-state index in [1.807, 2.05) is 57.7 Å². The zero-order valence-electron chi connectivity index (χ0n) is 14.7. The average Bonchev–Trinajstić information content (AvgIpc) is 3.39. The van der Waals surface area contributed by atoms with Crippen LogP contribution in [0.5, 0.6) is 0 Å². The fraction of sp³-hybridized carbons (Fsp3) is 0.111. The average molecular weight is 477 g/mol. The number of thioether (sulfide) groups is 2. The molecule has 0 aliphatic rings. The van der Waals surface area contributed by atoms with E-state index >= 15 is 0 Å². The molecule has 0 amide bonds. The molecular formula is C18H12N4O2S5. The van der Waals surface area contributed by atoms with E-state index in [1.165, 1.54) is 0 Å². The van der Waals surface area contributed by atoms with Gasteiger partial charge in [0.2, 0.25) is 0 Å². The number of benzene rings is 2. The van der Waals surface area contributed by atoms with Gasteiger partial charge in [0, 0.05) is 0 Å². The molecule has 5 rings (SSSR count). The van der Waals surface area contributed by atoms with Crippen molar-refractivity contribution < 1.29 is 8.83 Å². The second-order valence-electron chi connectivity index (χ2n) is 5.91. The van der Waals surface area contributed by atoms with Gasteiger partial charge in [-0.2, -0.15) is 0 Å². The van der Waals surface area contributed by atoms with Crippen molar-refractivity contribution in [3.63, 3.8) is 0 Å². The SMILES string of the molecule is S=c1oc2ccccc2n1CSc1nnc(SCn2c(=S)oc3ccccc32)s1. The fourth-order valence-corrected chi connectivity index (χ4v) is 6.42. The second-order valence-corrected chi connectivity index (χ2v) is 9.97. The first-order valence-electron chi connectivity index (χ1n) is 8.45. The van der Waals surface area contributed by atoms with E-state index in [0.29, 0.717) is 21.4 Å². The fourth-order valence-electron chi connectivity index (χ4n) is 2.83. The molecule has 3 aromatic heterocycles. The molecule has 146 valence electrons. The van der Waals surface area contributed by atoms with Gasteiger partial charge >= 0.3 is 0 Å². The van der Waals surface area contributed by atoms with Crippen molar-refractivity contribution in [2.45, 2.75) is 20.4 Å². The molecule has 2 aromatic carbocycles. The number of hydrogen-bond donors (Lipinski definition) is 0. The van der Waals surface area contributed by atoms with E-state index in [-0.39, 0.29) is 0 Å². The summed E-state index contributed by atoms with van der Waals surface area (Å²) >= 11 is 15.4. The predicted molar refractivity (Wildman–Crippen MR) is 122 cm³/mol. The van der Waals surface area contributed by atoms with Gasteiger partial charge in [0.25, 0.3) is 9.67 Å². The van der Waals surface area contributed by atoms with Crippen molar-refractivity contribution in [3.8, 4) is 0 Å². The third-order valence-electron chi connectivity index (χ3n) is 4.17. The van der Waals surface area contributed by atoms with Gasteiger partial charge in [0.1, 0.15) is 0 Å². The predicted octanol–water partition coefficient (Wildman–Crippen LogP) is 6.59. The molecule has 0 aliphatic heterocycles. The summed E-state index contributed by atoms with van der Waals surface area (Å²) in [6.07, 6.45) is 0. The van der Waals surface area contributed by atoms with Crippen LogP contribution in [-0.4, -0.2) is 19.3 Å². The molecule has 0 saturated heterocycles. The molecule has 0 N–H and O–H groups in total. The lowest BCUT2D eigenvalue weighted by Crippen LogP contribution is -1.93. The van der Waals surface area contributed by atoms with Crippen LogP contribution in [0.2, 0.25) is 0 Å². The van der Waals surface area contributed by atoms with E-state index in [4.69, 9.17) is 33.3 Å². The molecule has 29 heavy (non-hydrogen) atoms. The minimum absolute atomic E-state index is 0.457. The van der Waals surface area contributed by atoms with Gasteiger partial charge in [0.15, 0.2) is 19.8 Å². The zero-order valence-corrected chi connectivity index (χ0v) is 18.8. The maximum atomic E-state index is 5.63. The molecule has 11 heteroatoms. The van der Waals surface area contributed by atoms with Crippen LogP contribution in [0.25, 0.3) is 22.2 Å². The largest absolute Gasteiger partial charge is 0.429 e. The number of aromatic nitrogens is 4. The highest BCUT2D eigenvalue weighted by Gasteiger charge is 2.11. The van der Waals surface area contributed by atoms with Gasteiger partial charge in [-0.3, -0.25) is 9.13 Å². The van der Waals surface area contributed by atoms with Crippen molar-refractivity contribution in [3.05, 3.63) is 58.2 Å². The van der Waals surface area contributed by atoms with E-state index < -0.39 is 0 Å². The first kappa shape index (κ1) is 19.1. The van der Waals surface area contributed by atoms with Crippen LogP contribution in [0.4, 0.5) is 0 Å². The van der Waals surface area contributed by atoms with Gasteiger partial charge in [-0.15, -0.1) is 10.2 Å². The van der Waals surface area contributed by atoms with Crippen LogP contribution in [0.3, 0.4) is 0 Å². The molecule has 5 aromatic rings. The van der Waals surface area contributed by atoms with Crippen LogP contribution < -0.4 is 0 Å². The lowest BCUT2D eigenvalue weighted by atomic mass is 10.3. The van der Waals surface area contributed by atoms with Crippen LogP contribution in [0, 0.1) is 9.67 Å². The summed E-state index contributed by atoms with van der Waals surface area (Å²) in [6, 6.07) is 15.6. The number of fused-ring (bicyclic) bond motifs is 2. The molecule has 3 heterocycles. The van der Waals surface area contributed by atoms with Gasteiger partial charge in [-0.05, 0) is 48.7 Å². The zero-order chi connectivity index (χ0) is 19.8. The molecule has 0 atom stereocenters. The van der Waals surface area contributed by atoms with Crippen LogP contribution in [0.1, 0.15) is 0 Å². The minimum Gasteiger partial charge on any atom is -0.429 e. The Morgan fingerprint density at radius 2 is 1.21 bits per heavy atom. The maximum absolute atomic E-state index is 5.63. The topological polar surface area (TPSA) is 61.9 Å². The Bertz CT molecular complexity index is 1320. The van der Waals surface area contributed by atoms with Gasteiger partial charge in [-0.1, -0.05) is 59.1 Å². The number of oxazole rings is 2. The summed E-state index contributed by atoms with van der Waals surface area (Å²) in [4.78, 5) is 0.915. The van der Waals surface area contributed by atoms with E-state index in [2.05, 4.69) is 10.2 Å².